The number of hydrogen-bond acceptors (Lipinski definition) is 3. The predicted molar refractivity (Wildman–Crippen MR) is 72.8 cm³/mol. The highest BCUT2D eigenvalue weighted by Crippen LogP contribution is 2.21. The lowest BCUT2D eigenvalue weighted by Crippen LogP contribution is -2.17. The Bertz CT molecular complexity index is 506. The molecule has 1 heterocycles. The molecule has 94 valence electrons. The van der Waals surface area contributed by atoms with Crippen molar-refractivity contribution in [1.29, 1.82) is 0 Å². The van der Waals surface area contributed by atoms with E-state index in [1.165, 1.54) is 5.56 Å². The van der Waals surface area contributed by atoms with Crippen molar-refractivity contribution in [1.82, 2.24) is 4.98 Å². The Morgan fingerprint density at radius 3 is 2.56 bits per heavy atom. The third kappa shape index (κ3) is 3.57. The molecule has 2 N–H and O–H groups in total. The van der Waals surface area contributed by atoms with Crippen molar-refractivity contribution in [3.05, 3.63) is 53.9 Å². The summed E-state index contributed by atoms with van der Waals surface area (Å²) < 4.78 is 5.75. The second-order valence-corrected chi connectivity index (χ2v) is 4.63. The van der Waals surface area contributed by atoms with Crippen molar-refractivity contribution in [3.63, 3.8) is 0 Å². The number of ether oxygens (including phenoxy) is 1. The van der Waals surface area contributed by atoms with Gasteiger partial charge in [0.1, 0.15) is 11.5 Å². The van der Waals surface area contributed by atoms with Gasteiger partial charge in [0.2, 0.25) is 0 Å². The lowest BCUT2D eigenvalue weighted by atomic mass is 10.1. The maximum atomic E-state index is 5.78. The molecule has 0 aliphatic heterocycles. The van der Waals surface area contributed by atoms with E-state index in [0.717, 1.165) is 23.5 Å². The maximum Gasteiger partial charge on any atom is 0.145 e. The monoisotopic (exact) mass is 242 g/mol. The molecule has 1 aromatic carbocycles. The molecule has 0 spiro atoms. The molecular weight excluding hydrogens is 224 g/mol. The van der Waals surface area contributed by atoms with Crippen LogP contribution >= 0.6 is 0 Å². The van der Waals surface area contributed by atoms with Crippen LogP contribution in [0.3, 0.4) is 0 Å². The van der Waals surface area contributed by atoms with Gasteiger partial charge in [-0.15, -0.1) is 0 Å². The van der Waals surface area contributed by atoms with Gasteiger partial charge >= 0.3 is 0 Å². The number of aryl methyl sites for hydroxylation is 1. The molecule has 0 aliphatic carbocycles. The van der Waals surface area contributed by atoms with E-state index in [-0.39, 0.29) is 6.04 Å². The molecule has 1 aromatic heterocycles. The fraction of sp³-hybridized carbons (Fsp3) is 0.267. The van der Waals surface area contributed by atoms with E-state index in [0.29, 0.717) is 0 Å². The summed E-state index contributed by atoms with van der Waals surface area (Å²) in [6, 6.07) is 10.1. The Morgan fingerprint density at radius 1 is 1.17 bits per heavy atom. The minimum Gasteiger partial charge on any atom is -0.456 e. The van der Waals surface area contributed by atoms with Crippen LogP contribution in [0, 0.1) is 6.92 Å². The van der Waals surface area contributed by atoms with E-state index in [4.69, 9.17) is 10.5 Å². The molecule has 0 radical (unpaired) electrons. The number of rotatable bonds is 4. The summed E-state index contributed by atoms with van der Waals surface area (Å²) in [5, 5.41) is 0. The molecule has 0 saturated heterocycles. The average molecular weight is 242 g/mol. The first-order valence-electron chi connectivity index (χ1n) is 6.07. The summed E-state index contributed by atoms with van der Waals surface area (Å²) in [4.78, 5) is 4.17. The molecular formula is C15H18N2O. The summed E-state index contributed by atoms with van der Waals surface area (Å²) in [6.07, 6.45) is 4.34. The lowest BCUT2D eigenvalue weighted by Gasteiger charge is -2.08. The highest BCUT2D eigenvalue weighted by Gasteiger charge is 2.02. The summed E-state index contributed by atoms with van der Waals surface area (Å²) in [6.45, 7) is 4.03. The van der Waals surface area contributed by atoms with Crippen LogP contribution in [0.2, 0.25) is 0 Å². The quantitative estimate of drug-likeness (QED) is 0.896. The van der Waals surface area contributed by atoms with Gasteiger partial charge in [-0.25, -0.2) is 0 Å². The highest BCUT2D eigenvalue weighted by atomic mass is 16.5. The molecule has 18 heavy (non-hydrogen) atoms. The smallest absolute Gasteiger partial charge is 0.145 e. The van der Waals surface area contributed by atoms with Gasteiger partial charge in [-0.3, -0.25) is 4.98 Å². The summed E-state index contributed by atoms with van der Waals surface area (Å²) >= 11 is 0. The summed E-state index contributed by atoms with van der Waals surface area (Å²) in [5.74, 6) is 1.57. The van der Waals surface area contributed by atoms with Crippen LogP contribution in [0.4, 0.5) is 0 Å². The van der Waals surface area contributed by atoms with E-state index >= 15 is 0 Å². The number of nitrogens with zero attached hydrogens (tertiary/aromatic N) is 1. The second-order valence-electron chi connectivity index (χ2n) is 4.63. The van der Waals surface area contributed by atoms with Crippen molar-refractivity contribution < 1.29 is 4.74 Å². The first-order chi connectivity index (χ1) is 8.63. The van der Waals surface area contributed by atoms with Crippen molar-refractivity contribution in [2.45, 2.75) is 26.3 Å². The van der Waals surface area contributed by atoms with Crippen LogP contribution in [0.5, 0.6) is 11.5 Å². The molecule has 2 rings (SSSR count). The zero-order valence-electron chi connectivity index (χ0n) is 10.8. The second kappa shape index (κ2) is 5.65. The van der Waals surface area contributed by atoms with E-state index in [9.17, 15) is 0 Å². The number of hydrogen-bond donors (Lipinski definition) is 1. The van der Waals surface area contributed by atoms with Gasteiger partial charge in [-0.2, -0.15) is 0 Å². The molecule has 3 nitrogen and oxygen atoms in total. The van der Waals surface area contributed by atoms with Gasteiger partial charge in [-0.05, 0) is 44.0 Å². The summed E-state index contributed by atoms with van der Waals surface area (Å²) in [5.41, 5.74) is 8.08. The molecule has 1 atom stereocenters. The van der Waals surface area contributed by atoms with Gasteiger partial charge in [0.15, 0.2) is 0 Å². The van der Waals surface area contributed by atoms with Gasteiger partial charge in [0.25, 0.3) is 0 Å². The Balaban J connectivity index is 2.11. The lowest BCUT2D eigenvalue weighted by molar-refractivity contribution is 0.479. The highest BCUT2D eigenvalue weighted by molar-refractivity contribution is 5.33. The predicted octanol–water partition coefficient (Wildman–Crippen LogP) is 3.07. The number of pyridine rings is 1. The third-order valence-corrected chi connectivity index (χ3v) is 2.58. The minimum atomic E-state index is 0.126. The molecule has 3 heteroatoms. The van der Waals surface area contributed by atoms with E-state index < -0.39 is 0 Å². The van der Waals surface area contributed by atoms with Crippen LogP contribution in [0.1, 0.15) is 18.1 Å². The number of aromatic nitrogens is 1. The first-order valence-corrected chi connectivity index (χ1v) is 6.07. The molecule has 0 fully saturated rings. The van der Waals surface area contributed by atoms with Gasteiger partial charge in [0.05, 0.1) is 6.20 Å². The fourth-order valence-electron chi connectivity index (χ4n) is 1.75. The van der Waals surface area contributed by atoms with Crippen LogP contribution in [0.25, 0.3) is 0 Å². The van der Waals surface area contributed by atoms with E-state index in [1.54, 1.807) is 6.20 Å². The van der Waals surface area contributed by atoms with Gasteiger partial charge in [0, 0.05) is 12.2 Å². The average Bonchev–Trinajstić information content (AvgIpc) is 2.32. The standard InChI is InChI=1S/C15H18N2O/c1-11-3-5-14(6-4-11)18-15-8-13(7-12(2)16)9-17-10-15/h3-6,8-10,12H,7,16H2,1-2H3. The van der Waals surface area contributed by atoms with Crippen molar-refractivity contribution in [3.8, 4) is 11.5 Å². The van der Waals surface area contributed by atoms with Crippen LogP contribution in [-0.2, 0) is 6.42 Å². The van der Waals surface area contributed by atoms with Crippen molar-refractivity contribution in [2.24, 2.45) is 5.73 Å². The molecule has 0 aliphatic rings. The Morgan fingerprint density at radius 2 is 1.89 bits per heavy atom. The Hall–Kier alpha value is -1.87. The third-order valence-electron chi connectivity index (χ3n) is 2.58. The molecule has 0 bridgehead atoms. The zero-order valence-corrected chi connectivity index (χ0v) is 10.8. The van der Waals surface area contributed by atoms with Gasteiger partial charge in [-0.1, -0.05) is 17.7 Å². The Kier molecular flexibility index (Phi) is 3.95. The van der Waals surface area contributed by atoms with Crippen LogP contribution in [-0.4, -0.2) is 11.0 Å². The normalized spacial score (nSPS) is 12.2. The van der Waals surface area contributed by atoms with Crippen molar-refractivity contribution in [2.75, 3.05) is 0 Å². The van der Waals surface area contributed by atoms with Gasteiger partial charge < -0.3 is 10.5 Å². The maximum absolute atomic E-state index is 5.78. The van der Waals surface area contributed by atoms with Crippen molar-refractivity contribution >= 4 is 0 Å². The molecule has 0 amide bonds. The summed E-state index contributed by atoms with van der Waals surface area (Å²) in [7, 11) is 0. The zero-order chi connectivity index (χ0) is 13.0. The SMILES string of the molecule is Cc1ccc(Oc2cncc(CC(C)N)c2)cc1. The Labute approximate surface area is 108 Å². The molecule has 2 aromatic rings. The minimum absolute atomic E-state index is 0.126. The van der Waals surface area contributed by atoms with E-state index in [1.807, 2.05) is 43.5 Å². The fourth-order valence-corrected chi connectivity index (χ4v) is 1.75. The molecule has 0 saturated carbocycles. The molecule has 1 unspecified atom stereocenters. The first kappa shape index (κ1) is 12.6. The van der Waals surface area contributed by atoms with Crippen LogP contribution in [0.15, 0.2) is 42.7 Å². The number of nitrogens with two attached hydrogens (primary N) is 1. The van der Waals surface area contributed by atoms with E-state index in [2.05, 4.69) is 11.9 Å². The number of benzene rings is 1. The topological polar surface area (TPSA) is 48.1 Å². The largest absolute Gasteiger partial charge is 0.456 e. The van der Waals surface area contributed by atoms with Crippen LogP contribution < -0.4 is 10.5 Å².